The smallest absolute Gasteiger partial charge is 0.0943 e. The van der Waals surface area contributed by atoms with Crippen LogP contribution in [-0.4, -0.2) is 36.6 Å². The van der Waals surface area contributed by atoms with Crippen LogP contribution in [0.1, 0.15) is 19.3 Å². The van der Waals surface area contributed by atoms with E-state index in [0.29, 0.717) is 0 Å². The molecule has 1 saturated heterocycles. The van der Waals surface area contributed by atoms with Gasteiger partial charge in [-0.15, -0.1) is 0 Å². The van der Waals surface area contributed by atoms with Gasteiger partial charge in [0.1, 0.15) is 0 Å². The first-order valence-electron chi connectivity index (χ1n) is 4.11. The largest absolute Gasteiger partial charge is 0.390 e. The molecule has 0 aromatic rings. The fourth-order valence-electron chi connectivity index (χ4n) is 1.81. The molecule has 0 aromatic carbocycles. The van der Waals surface area contributed by atoms with Gasteiger partial charge < -0.3 is 14.6 Å². The summed E-state index contributed by atoms with van der Waals surface area (Å²) in [4.78, 5) is 0. The number of hydrogen-bond acceptors (Lipinski definition) is 3. The topological polar surface area (TPSA) is 42.0 Å². The molecule has 0 radical (unpaired) electrons. The second kappa shape index (κ2) is 2.44. The minimum absolute atomic E-state index is 0.00810. The normalized spacial score (nSPS) is 49.6. The molecule has 11 heavy (non-hydrogen) atoms. The molecule has 0 aromatic heterocycles. The lowest BCUT2D eigenvalue weighted by Crippen LogP contribution is -2.39. The standard InChI is InChI=1S/C8H14O3/c1-10-7-4-8(5-11-8)3-2-6(7)9/h6-7,9H,2-5H2,1H3/t6-,7+,8-/m1/s1. The highest BCUT2D eigenvalue weighted by Gasteiger charge is 2.50. The Morgan fingerprint density at radius 3 is 2.91 bits per heavy atom. The fourth-order valence-corrected chi connectivity index (χ4v) is 1.81. The molecule has 1 heterocycles. The average molecular weight is 158 g/mol. The van der Waals surface area contributed by atoms with Crippen molar-refractivity contribution in [1.82, 2.24) is 0 Å². The zero-order valence-electron chi connectivity index (χ0n) is 6.75. The van der Waals surface area contributed by atoms with Crippen LogP contribution in [0.25, 0.3) is 0 Å². The van der Waals surface area contributed by atoms with E-state index in [4.69, 9.17) is 9.47 Å². The Morgan fingerprint density at radius 1 is 1.64 bits per heavy atom. The number of ether oxygens (including phenoxy) is 2. The zero-order valence-corrected chi connectivity index (χ0v) is 6.75. The maximum absolute atomic E-state index is 9.45. The number of aliphatic hydroxyl groups is 1. The summed E-state index contributed by atoms with van der Waals surface area (Å²) in [5.74, 6) is 0. The first kappa shape index (κ1) is 7.53. The molecule has 3 heteroatoms. The van der Waals surface area contributed by atoms with Crippen LogP contribution in [0, 0.1) is 0 Å². The van der Waals surface area contributed by atoms with Gasteiger partial charge in [-0.3, -0.25) is 0 Å². The van der Waals surface area contributed by atoms with Crippen molar-refractivity contribution >= 4 is 0 Å². The van der Waals surface area contributed by atoms with Crippen molar-refractivity contribution in [3.8, 4) is 0 Å². The molecule has 2 aliphatic rings. The van der Waals surface area contributed by atoms with E-state index in [-0.39, 0.29) is 17.8 Å². The summed E-state index contributed by atoms with van der Waals surface area (Å²) in [6, 6.07) is 0. The molecule has 1 spiro atoms. The predicted molar refractivity (Wildman–Crippen MR) is 39.3 cm³/mol. The van der Waals surface area contributed by atoms with Crippen molar-refractivity contribution in [1.29, 1.82) is 0 Å². The number of hydrogen-bond donors (Lipinski definition) is 1. The first-order valence-corrected chi connectivity index (χ1v) is 4.11. The second-order valence-corrected chi connectivity index (χ2v) is 3.56. The minimum Gasteiger partial charge on any atom is -0.390 e. The van der Waals surface area contributed by atoms with Crippen molar-refractivity contribution in [3.63, 3.8) is 0 Å². The molecule has 3 atom stereocenters. The average Bonchev–Trinajstić information content (AvgIpc) is 2.76. The summed E-state index contributed by atoms with van der Waals surface area (Å²) < 4.78 is 10.5. The van der Waals surface area contributed by atoms with Gasteiger partial charge >= 0.3 is 0 Å². The molecule has 2 rings (SSSR count). The first-order chi connectivity index (χ1) is 5.26. The van der Waals surface area contributed by atoms with Gasteiger partial charge in [0.25, 0.3) is 0 Å². The number of methoxy groups -OCH3 is 1. The van der Waals surface area contributed by atoms with Gasteiger partial charge in [0, 0.05) is 13.5 Å². The van der Waals surface area contributed by atoms with Crippen molar-refractivity contribution < 1.29 is 14.6 Å². The zero-order chi connectivity index (χ0) is 7.90. The molecule has 0 amide bonds. The lowest BCUT2D eigenvalue weighted by atomic mass is 9.85. The molecular formula is C8H14O3. The van der Waals surface area contributed by atoms with Gasteiger partial charge in [0.05, 0.1) is 24.4 Å². The Labute approximate surface area is 66.3 Å². The van der Waals surface area contributed by atoms with Crippen LogP contribution in [0.15, 0.2) is 0 Å². The second-order valence-electron chi connectivity index (χ2n) is 3.56. The van der Waals surface area contributed by atoms with E-state index >= 15 is 0 Å². The number of aliphatic hydroxyl groups excluding tert-OH is 1. The van der Waals surface area contributed by atoms with Gasteiger partial charge in [-0.1, -0.05) is 0 Å². The summed E-state index contributed by atoms with van der Waals surface area (Å²) in [6.07, 6.45) is 2.39. The van der Waals surface area contributed by atoms with Crippen molar-refractivity contribution in [2.24, 2.45) is 0 Å². The Morgan fingerprint density at radius 2 is 2.36 bits per heavy atom. The van der Waals surface area contributed by atoms with Gasteiger partial charge in [-0.25, -0.2) is 0 Å². The van der Waals surface area contributed by atoms with E-state index in [0.717, 1.165) is 25.9 Å². The monoisotopic (exact) mass is 158 g/mol. The minimum atomic E-state index is -0.283. The van der Waals surface area contributed by atoms with Crippen molar-refractivity contribution in [2.45, 2.75) is 37.1 Å². The van der Waals surface area contributed by atoms with Gasteiger partial charge in [-0.05, 0) is 12.8 Å². The molecule has 64 valence electrons. The highest BCUT2D eigenvalue weighted by atomic mass is 16.6. The third kappa shape index (κ3) is 1.28. The van der Waals surface area contributed by atoms with Gasteiger partial charge in [0.2, 0.25) is 0 Å². The summed E-state index contributed by atoms with van der Waals surface area (Å²) >= 11 is 0. The Bertz CT molecular complexity index is 153. The van der Waals surface area contributed by atoms with E-state index in [9.17, 15) is 5.11 Å². The maximum atomic E-state index is 9.45. The Balaban J connectivity index is 1.96. The fraction of sp³-hybridized carbons (Fsp3) is 1.00. The highest BCUT2D eigenvalue weighted by Crippen LogP contribution is 2.42. The van der Waals surface area contributed by atoms with Crippen molar-refractivity contribution in [3.05, 3.63) is 0 Å². The van der Waals surface area contributed by atoms with E-state index in [1.165, 1.54) is 0 Å². The van der Waals surface area contributed by atoms with E-state index in [1.54, 1.807) is 7.11 Å². The summed E-state index contributed by atoms with van der Waals surface area (Å²) in [5.41, 5.74) is 0.0971. The van der Waals surface area contributed by atoms with Crippen LogP contribution in [0.2, 0.25) is 0 Å². The molecule has 1 aliphatic heterocycles. The molecule has 2 fully saturated rings. The van der Waals surface area contributed by atoms with Crippen LogP contribution in [0.3, 0.4) is 0 Å². The van der Waals surface area contributed by atoms with Crippen LogP contribution < -0.4 is 0 Å². The Kier molecular flexibility index (Phi) is 1.67. The molecule has 1 aliphatic carbocycles. The van der Waals surface area contributed by atoms with Crippen molar-refractivity contribution in [2.75, 3.05) is 13.7 Å². The molecule has 1 N–H and O–H groups in total. The Hall–Kier alpha value is -0.120. The maximum Gasteiger partial charge on any atom is 0.0943 e. The SMILES string of the molecule is CO[C@H]1C[C@]2(CC[C@H]1O)CO2. The number of epoxide rings is 1. The van der Waals surface area contributed by atoms with E-state index in [2.05, 4.69) is 0 Å². The molecular weight excluding hydrogens is 144 g/mol. The third-order valence-electron chi connectivity index (χ3n) is 2.75. The molecule has 0 bridgehead atoms. The highest BCUT2D eigenvalue weighted by molar-refractivity contribution is 5.00. The van der Waals surface area contributed by atoms with E-state index in [1.807, 2.05) is 0 Å². The summed E-state index contributed by atoms with van der Waals surface area (Å²) in [7, 11) is 1.65. The molecule has 3 nitrogen and oxygen atoms in total. The summed E-state index contributed by atoms with van der Waals surface area (Å²) in [5, 5.41) is 9.45. The lowest BCUT2D eigenvalue weighted by Gasteiger charge is -2.30. The third-order valence-corrected chi connectivity index (χ3v) is 2.75. The van der Waals surface area contributed by atoms with Crippen LogP contribution in [-0.2, 0) is 9.47 Å². The number of rotatable bonds is 1. The molecule has 1 saturated carbocycles. The van der Waals surface area contributed by atoms with Gasteiger partial charge in [-0.2, -0.15) is 0 Å². The quantitative estimate of drug-likeness (QED) is 0.559. The summed E-state index contributed by atoms with van der Waals surface area (Å²) in [6.45, 7) is 0.861. The van der Waals surface area contributed by atoms with Crippen LogP contribution in [0.4, 0.5) is 0 Å². The predicted octanol–water partition coefficient (Wildman–Crippen LogP) is 0.315. The van der Waals surface area contributed by atoms with Crippen LogP contribution in [0.5, 0.6) is 0 Å². The lowest BCUT2D eigenvalue weighted by molar-refractivity contribution is -0.0561. The molecule has 0 unspecified atom stereocenters. The van der Waals surface area contributed by atoms with E-state index < -0.39 is 0 Å². The van der Waals surface area contributed by atoms with Gasteiger partial charge in [0.15, 0.2) is 0 Å². The van der Waals surface area contributed by atoms with Crippen LogP contribution >= 0.6 is 0 Å².